The minimum absolute atomic E-state index is 0.0868. The highest BCUT2D eigenvalue weighted by atomic mass is 32.2. The predicted molar refractivity (Wildman–Crippen MR) is 62.9 cm³/mol. The fourth-order valence-corrected chi connectivity index (χ4v) is 3.09. The summed E-state index contributed by atoms with van der Waals surface area (Å²) in [5, 5.41) is 8.74. The lowest BCUT2D eigenvalue weighted by Crippen LogP contribution is -2.26. The number of sulfonamides is 1. The van der Waals surface area contributed by atoms with Crippen LogP contribution >= 0.6 is 0 Å². The molecule has 7 heteroatoms. The first-order chi connectivity index (χ1) is 8.31. The first kappa shape index (κ1) is 13.1. The monoisotopic (exact) mass is 273 g/mol. The zero-order valence-electron chi connectivity index (χ0n) is 10.1. The number of hydrogen-bond donors (Lipinski definition) is 2. The molecule has 0 aromatic carbocycles. The van der Waals surface area contributed by atoms with Crippen LogP contribution in [0.25, 0.3) is 0 Å². The molecule has 0 radical (unpaired) electrons. The van der Waals surface area contributed by atoms with Crippen molar-refractivity contribution in [1.29, 1.82) is 0 Å². The average Bonchev–Trinajstić information content (AvgIpc) is 2.80. The third-order valence-corrected chi connectivity index (χ3v) is 4.72. The van der Waals surface area contributed by atoms with Gasteiger partial charge < -0.3 is 9.52 Å². The number of nitrogens with one attached hydrogen (secondary N) is 1. The predicted octanol–water partition coefficient (Wildman–Crippen LogP) is 1.22. The standard InChI is InChI=1S/C11H15NO5S/c1-6-3-8(6)5-12-18(15,16)10-4-9(11(13)14)17-7(10)2/h4,6,8,12H,3,5H2,1-2H3,(H,13,14). The maximum Gasteiger partial charge on any atom is 0.371 e. The van der Waals surface area contributed by atoms with E-state index in [1.54, 1.807) is 0 Å². The fraction of sp³-hybridized carbons (Fsp3) is 0.545. The SMILES string of the molecule is Cc1oc(C(=O)O)cc1S(=O)(=O)NCC1CC1C. The molecular weight excluding hydrogens is 258 g/mol. The lowest BCUT2D eigenvalue weighted by molar-refractivity contribution is 0.0661. The molecule has 0 bridgehead atoms. The van der Waals surface area contributed by atoms with Gasteiger partial charge in [0.1, 0.15) is 10.7 Å². The molecule has 1 heterocycles. The zero-order chi connectivity index (χ0) is 13.5. The molecule has 1 aromatic rings. The molecule has 0 aliphatic heterocycles. The van der Waals surface area contributed by atoms with Crippen LogP contribution in [0.15, 0.2) is 15.4 Å². The maximum absolute atomic E-state index is 12.0. The summed E-state index contributed by atoms with van der Waals surface area (Å²) in [5.74, 6) is -0.634. The third-order valence-electron chi connectivity index (χ3n) is 3.18. The van der Waals surface area contributed by atoms with Crippen LogP contribution in [0.5, 0.6) is 0 Å². The Balaban J connectivity index is 2.15. The van der Waals surface area contributed by atoms with Crippen LogP contribution in [0.4, 0.5) is 0 Å². The van der Waals surface area contributed by atoms with Crippen molar-refractivity contribution >= 4 is 16.0 Å². The van der Waals surface area contributed by atoms with Crippen LogP contribution in [0.1, 0.15) is 29.7 Å². The van der Waals surface area contributed by atoms with E-state index in [1.807, 2.05) is 0 Å². The Kier molecular flexibility index (Phi) is 3.20. The van der Waals surface area contributed by atoms with E-state index in [2.05, 4.69) is 11.6 Å². The van der Waals surface area contributed by atoms with Gasteiger partial charge in [-0.05, 0) is 25.2 Å². The summed E-state index contributed by atoms with van der Waals surface area (Å²) in [6.07, 6.45) is 1.02. The van der Waals surface area contributed by atoms with Crippen LogP contribution in [0.2, 0.25) is 0 Å². The van der Waals surface area contributed by atoms with Crippen molar-refractivity contribution in [3.63, 3.8) is 0 Å². The van der Waals surface area contributed by atoms with E-state index in [1.165, 1.54) is 6.92 Å². The number of rotatable bonds is 5. The smallest absolute Gasteiger partial charge is 0.371 e. The van der Waals surface area contributed by atoms with Crippen LogP contribution < -0.4 is 4.72 Å². The van der Waals surface area contributed by atoms with Crippen molar-refractivity contribution < 1.29 is 22.7 Å². The third kappa shape index (κ3) is 2.56. The molecule has 1 fully saturated rings. The van der Waals surface area contributed by atoms with Crippen molar-refractivity contribution in [2.75, 3.05) is 6.54 Å². The number of furan rings is 1. The van der Waals surface area contributed by atoms with E-state index < -0.39 is 16.0 Å². The van der Waals surface area contributed by atoms with Gasteiger partial charge in [0.15, 0.2) is 0 Å². The number of carboxylic acids is 1. The lowest BCUT2D eigenvalue weighted by atomic mass is 10.3. The van der Waals surface area contributed by atoms with E-state index in [0.717, 1.165) is 12.5 Å². The summed E-state index contributed by atoms with van der Waals surface area (Å²) in [5.41, 5.74) is 0. The topological polar surface area (TPSA) is 96.6 Å². The summed E-state index contributed by atoms with van der Waals surface area (Å²) < 4.78 is 31.3. The number of hydrogen-bond acceptors (Lipinski definition) is 4. The molecule has 2 N–H and O–H groups in total. The minimum atomic E-state index is -3.69. The van der Waals surface area contributed by atoms with E-state index in [4.69, 9.17) is 9.52 Å². The summed E-state index contributed by atoms with van der Waals surface area (Å²) in [6, 6.07) is 1.04. The number of carboxylic acid groups (broad SMARTS) is 1. The molecule has 0 saturated heterocycles. The molecule has 2 unspecified atom stereocenters. The van der Waals surface area contributed by atoms with Gasteiger partial charge in [0.2, 0.25) is 15.8 Å². The molecule has 1 aromatic heterocycles. The molecule has 2 atom stereocenters. The van der Waals surface area contributed by atoms with Gasteiger partial charge in [0.05, 0.1) is 0 Å². The first-order valence-electron chi connectivity index (χ1n) is 5.64. The summed E-state index contributed by atoms with van der Waals surface area (Å²) in [4.78, 5) is 10.6. The van der Waals surface area contributed by atoms with Crippen LogP contribution in [0, 0.1) is 18.8 Å². The number of carbonyl (C=O) groups is 1. The van der Waals surface area contributed by atoms with Gasteiger partial charge in [0, 0.05) is 12.6 Å². The highest BCUT2D eigenvalue weighted by Crippen LogP contribution is 2.37. The molecule has 18 heavy (non-hydrogen) atoms. The fourth-order valence-electron chi connectivity index (χ4n) is 1.82. The summed E-state index contributed by atoms with van der Waals surface area (Å²) >= 11 is 0. The van der Waals surface area contributed by atoms with Crippen LogP contribution in [-0.4, -0.2) is 26.0 Å². The Labute approximate surface area is 105 Å². The van der Waals surface area contributed by atoms with Crippen molar-refractivity contribution in [3.05, 3.63) is 17.6 Å². The highest BCUT2D eigenvalue weighted by Gasteiger charge is 2.34. The van der Waals surface area contributed by atoms with Gasteiger partial charge in [-0.25, -0.2) is 17.9 Å². The molecule has 1 aliphatic carbocycles. The normalized spacial score (nSPS) is 23.0. The molecule has 0 amide bonds. The van der Waals surface area contributed by atoms with Gasteiger partial charge >= 0.3 is 5.97 Å². The Morgan fingerprint density at radius 3 is 2.67 bits per heavy atom. The zero-order valence-corrected chi connectivity index (χ0v) is 11.0. The molecular formula is C11H15NO5S. The molecule has 0 spiro atoms. The first-order valence-corrected chi connectivity index (χ1v) is 7.13. The van der Waals surface area contributed by atoms with Crippen molar-refractivity contribution in [2.45, 2.75) is 25.2 Å². The maximum atomic E-state index is 12.0. The van der Waals surface area contributed by atoms with Gasteiger partial charge in [-0.1, -0.05) is 6.92 Å². The number of aryl methyl sites for hydroxylation is 1. The van der Waals surface area contributed by atoms with Crippen molar-refractivity contribution in [3.8, 4) is 0 Å². The second-order valence-electron chi connectivity index (χ2n) is 4.66. The molecule has 2 rings (SSSR count). The second kappa shape index (κ2) is 4.40. The second-order valence-corrected chi connectivity index (χ2v) is 6.40. The Bertz CT molecular complexity index is 574. The van der Waals surface area contributed by atoms with Gasteiger partial charge in [-0.3, -0.25) is 0 Å². The Morgan fingerprint density at radius 1 is 1.61 bits per heavy atom. The van der Waals surface area contributed by atoms with Crippen molar-refractivity contribution in [1.82, 2.24) is 4.72 Å². The van der Waals surface area contributed by atoms with Gasteiger partial charge in [-0.15, -0.1) is 0 Å². The van der Waals surface area contributed by atoms with Crippen LogP contribution in [-0.2, 0) is 10.0 Å². The average molecular weight is 273 g/mol. The van der Waals surface area contributed by atoms with Crippen LogP contribution in [0.3, 0.4) is 0 Å². The van der Waals surface area contributed by atoms with Crippen molar-refractivity contribution in [2.24, 2.45) is 11.8 Å². The number of aromatic carboxylic acids is 1. The van der Waals surface area contributed by atoms with E-state index in [9.17, 15) is 13.2 Å². The summed E-state index contributed by atoms with van der Waals surface area (Å²) in [6.45, 7) is 3.88. The Morgan fingerprint density at radius 2 is 2.22 bits per heavy atom. The quantitative estimate of drug-likeness (QED) is 0.840. The van der Waals surface area contributed by atoms with Gasteiger partial charge in [0.25, 0.3) is 0 Å². The van der Waals surface area contributed by atoms with Gasteiger partial charge in [-0.2, -0.15) is 0 Å². The summed E-state index contributed by atoms with van der Waals surface area (Å²) in [7, 11) is -3.69. The minimum Gasteiger partial charge on any atom is -0.475 e. The molecule has 6 nitrogen and oxygen atoms in total. The molecule has 1 saturated carbocycles. The largest absolute Gasteiger partial charge is 0.475 e. The van der Waals surface area contributed by atoms with E-state index >= 15 is 0 Å². The Hall–Kier alpha value is -1.34. The van der Waals surface area contributed by atoms with E-state index in [-0.39, 0.29) is 16.4 Å². The molecule has 1 aliphatic rings. The molecule has 100 valence electrons. The van der Waals surface area contributed by atoms with E-state index in [0.29, 0.717) is 18.4 Å². The lowest BCUT2D eigenvalue weighted by Gasteiger charge is -2.04. The highest BCUT2D eigenvalue weighted by molar-refractivity contribution is 7.89.